The fourth-order valence-electron chi connectivity index (χ4n) is 3.93. The quantitative estimate of drug-likeness (QED) is 0.503. The number of fused-ring (bicyclic) bond motifs is 3. The highest BCUT2D eigenvalue weighted by Crippen LogP contribution is 2.36. The van der Waals surface area contributed by atoms with E-state index in [9.17, 15) is 4.79 Å². The summed E-state index contributed by atoms with van der Waals surface area (Å²) >= 11 is 3.31. The van der Waals surface area contributed by atoms with Crippen LogP contribution in [-0.2, 0) is 12.8 Å². The normalized spacial score (nSPS) is 21.6. The minimum Gasteiger partial charge on any atom is -0.334 e. The molecule has 0 unspecified atom stereocenters. The largest absolute Gasteiger partial charge is 0.334 e. The molecule has 1 aliphatic carbocycles. The molecule has 1 atom stereocenters. The molecule has 2 aromatic rings. The summed E-state index contributed by atoms with van der Waals surface area (Å²) in [7, 11) is 0. The van der Waals surface area contributed by atoms with Crippen molar-refractivity contribution >= 4 is 33.3 Å². The van der Waals surface area contributed by atoms with Crippen LogP contribution in [0.4, 0.5) is 0 Å². The number of rotatable bonds is 4. The Kier molecular flexibility index (Phi) is 5.06. The van der Waals surface area contributed by atoms with E-state index in [2.05, 4.69) is 11.8 Å². The fraction of sp³-hybridized carbons (Fsp3) is 0.667. The van der Waals surface area contributed by atoms with Crippen molar-refractivity contribution in [3.63, 3.8) is 0 Å². The molecule has 5 nitrogen and oxygen atoms in total. The van der Waals surface area contributed by atoms with E-state index in [1.54, 1.807) is 23.1 Å². The van der Waals surface area contributed by atoms with Gasteiger partial charge in [0.15, 0.2) is 5.16 Å². The Balaban J connectivity index is 1.55. The molecule has 25 heavy (non-hydrogen) atoms. The lowest BCUT2D eigenvalue weighted by atomic mass is 9.89. The second-order valence-corrected chi connectivity index (χ2v) is 9.50. The molecule has 1 fully saturated rings. The van der Waals surface area contributed by atoms with E-state index in [1.807, 2.05) is 0 Å². The third-order valence-corrected chi connectivity index (χ3v) is 7.50. The summed E-state index contributed by atoms with van der Waals surface area (Å²) in [5.41, 5.74) is 1.14. The molecule has 3 heterocycles. The Morgan fingerprint density at radius 2 is 2.12 bits per heavy atom. The van der Waals surface area contributed by atoms with Gasteiger partial charge in [-0.3, -0.25) is 4.79 Å². The Morgan fingerprint density at radius 1 is 1.32 bits per heavy atom. The molecule has 0 saturated carbocycles. The van der Waals surface area contributed by atoms with E-state index < -0.39 is 0 Å². The Morgan fingerprint density at radius 3 is 2.92 bits per heavy atom. The number of likely N-dealkylation sites (tertiary alicyclic amines) is 1. The fourth-order valence-corrected chi connectivity index (χ4v) is 6.28. The van der Waals surface area contributed by atoms with Crippen LogP contribution in [-0.4, -0.2) is 39.9 Å². The van der Waals surface area contributed by atoms with Gasteiger partial charge >= 0.3 is 0 Å². The first-order valence-electron chi connectivity index (χ1n) is 9.31. The highest BCUT2D eigenvalue weighted by molar-refractivity contribution is 7.99. The number of nitrogens with zero attached hydrogens (tertiary/aromatic N) is 3. The third kappa shape index (κ3) is 3.46. The molecule has 4 rings (SSSR count). The maximum absolute atomic E-state index is 12.8. The number of piperidine rings is 1. The van der Waals surface area contributed by atoms with Crippen molar-refractivity contribution in [2.45, 2.75) is 50.6 Å². The van der Waals surface area contributed by atoms with Gasteiger partial charge in [-0.25, -0.2) is 9.66 Å². The first kappa shape index (κ1) is 17.4. The predicted molar refractivity (Wildman–Crippen MR) is 106 cm³/mol. The SMILES string of the molecule is C[C@H]1CCc2c(sc3nc(SCCN4CCCCC4)n(N)c(=O)c23)C1. The maximum Gasteiger partial charge on any atom is 0.281 e. The Labute approximate surface area is 156 Å². The summed E-state index contributed by atoms with van der Waals surface area (Å²) in [4.78, 5) is 22.3. The van der Waals surface area contributed by atoms with Crippen LogP contribution < -0.4 is 11.4 Å². The van der Waals surface area contributed by atoms with Crippen molar-refractivity contribution in [2.24, 2.45) is 5.92 Å². The molecule has 0 bridgehead atoms. The van der Waals surface area contributed by atoms with E-state index in [-0.39, 0.29) is 5.56 Å². The zero-order valence-corrected chi connectivity index (χ0v) is 16.4. The van der Waals surface area contributed by atoms with E-state index in [4.69, 9.17) is 10.8 Å². The zero-order valence-electron chi connectivity index (χ0n) is 14.8. The summed E-state index contributed by atoms with van der Waals surface area (Å²) < 4.78 is 1.27. The molecule has 0 spiro atoms. The minimum atomic E-state index is -0.0717. The number of hydrogen-bond acceptors (Lipinski definition) is 6. The lowest BCUT2D eigenvalue weighted by Crippen LogP contribution is -2.32. The van der Waals surface area contributed by atoms with Crippen LogP contribution in [0.15, 0.2) is 9.95 Å². The number of nitrogens with two attached hydrogens (primary N) is 1. The number of hydrogen-bond donors (Lipinski definition) is 1. The van der Waals surface area contributed by atoms with E-state index in [0.717, 1.165) is 41.8 Å². The predicted octanol–water partition coefficient (Wildman–Crippen LogP) is 2.87. The minimum absolute atomic E-state index is 0.0717. The highest BCUT2D eigenvalue weighted by Gasteiger charge is 2.24. The average molecular weight is 379 g/mol. The molecular weight excluding hydrogens is 352 g/mol. The second-order valence-electron chi connectivity index (χ2n) is 7.35. The van der Waals surface area contributed by atoms with E-state index in [0.29, 0.717) is 11.1 Å². The summed E-state index contributed by atoms with van der Waals surface area (Å²) in [5.74, 6) is 7.72. The van der Waals surface area contributed by atoms with Gasteiger partial charge in [-0.1, -0.05) is 25.1 Å². The van der Waals surface area contributed by atoms with Gasteiger partial charge in [0.25, 0.3) is 5.56 Å². The lowest BCUT2D eigenvalue weighted by molar-refractivity contribution is 0.242. The molecule has 1 aliphatic heterocycles. The Bertz CT molecular complexity index is 823. The first-order chi connectivity index (χ1) is 12.1. The van der Waals surface area contributed by atoms with Crippen LogP contribution in [0.5, 0.6) is 0 Å². The molecule has 7 heteroatoms. The van der Waals surface area contributed by atoms with Gasteiger partial charge in [-0.15, -0.1) is 11.3 Å². The topological polar surface area (TPSA) is 64.2 Å². The molecule has 0 aromatic carbocycles. The number of aromatic nitrogens is 2. The van der Waals surface area contributed by atoms with Crippen molar-refractivity contribution in [1.29, 1.82) is 0 Å². The van der Waals surface area contributed by atoms with Gasteiger partial charge in [-0.2, -0.15) is 0 Å². The number of nitrogen functional groups attached to an aromatic ring is 1. The van der Waals surface area contributed by atoms with Crippen LogP contribution in [0.1, 0.15) is 43.0 Å². The van der Waals surface area contributed by atoms with Crippen molar-refractivity contribution in [2.75, 3.05) is 31.2 Å². The molecular formula is C18H26N4OS2. The number of aryl methyl sites for hydroxylation is 1. The van der Waals surface area contributed by atoms with E-state index >= 15 is 0 Å². The van der Waals surface area contributed by atoms with Crippen molar-refractivity contribution in [1.82, 2.24) is 14.6 Å². The standard InChI is InChI=1S/C18H26N4OS2/c1-12-5-6-13-14(11-12)25-16-15(13)17(23)22(19)18(20-16)24-10-9-21-7-3-2-4-8-21/h12H,2-11,19H2,1H3/t12-/m0/s1. The van der Waals surface area contributed by atoms with Crippen LogP contribution >= 0.6 is 23.1 Å². The Hall–Kier alpha value is -1.05. The smallest absolute Gasteiger partial charge is 0.281 e. The summed E-state index contributed by atoms with van der Waals surface area (Å²) in [5, 5.41) is 1.43. The van der Waals surface area contributed by atoms with Gasteiger partial charge in [-0.05, 0) is 56.7 Å². The van der Waals surface area contributed by atoms with Crippen molar-refractivity contribution < 1.29 is 0 Å². The van der Waals surface area contributed by atoms with Crippen LogP contribution in [0, 0.1) is 5.92 Å². The first-order valence-corrected chi connectivity index (χ1v) is 11.1. The van der Waals surface area contributed by atoms with Gasteiger partial charge < -0.3 is 10.7 Å². The summed E-state index contributed by atoms with van der Waals surface area (Å²) in [6, 6.07) is 0. The maximum atomic E-state index is 12.8. The van der Waals surface area contributed by atoms with Crippen LogP contribution in [0.2, 0.25) is 0 Å². The molecule has 136 valence electrons. The van der Waals surface area contributed by atoms with Crippen molar-refractivity contribution in [3.05, 3.63) is 20.8 Å². The number of thiophene rings is 1. The van der Waals surface area contributed by atoms with Gasteiger partial charge in [0.05, 0.1) is 5.39 Å². The molecule has 2 aliphatic rings. The lowest BCUT2D eigenvalue weighted by Gasteiger charge is -2.26. The number of thioether (sulfide) groups is 1. The molecule has 0 amide bonds. The van der Waals surface area contributed by atoms with E-state index in [1.165, 1.54) is 47.5 Å². The molecule has 2 aromatic heterocycles. The second kappa shape index (κ2) is 7.29. The third-order valence-electron chi connectivity index (χ3n) is 5.42. The van der Waals surface area contributed by atoms with Gasteiger partial charge in [0, 0.05) is 17.2 Å². The monoisotopic (exact) mass is 378 g/mol. The molecule has 0 radical (unpaired) electrons. The summed E-state index contributed by atoms with van der Waals surface area (Å²) in [6.07, 6.45) is 7.15. The van der Waals surface area contributed by atoms with Crippen LogP contribution in [0.25, 0.3) is 10.2 Å². The van der Waals surface area contributed by atoms with Crippen LogP contribution in [0.3, 0.4) is 0 Å². The molecule has 2 N–H and O–H groups in total. The summed E-state index contributed by atoms with van der Waals surface area (Å²) in [6.45, 7) is 5.71. The average Bonchev–Trinajstić information content (AvgIpc) is 2.97. The van der Waals surface area contributed by atoms with Gasteiger partial charge in [0.1, 0.15) is 4.83 Å². The van der Waals surface area contributed by atoms with Crippen molar-refractivity contribution in [3.8, 4) is 0 Å². The zero-order chi connectivity index (χ0) is 17.4. The molecule has 1 saturated heterocycles. The van der Waals surface area contributed by atoms with Gasteiger partial charge in [0.2, 0.25) is 0 Å². The highest BCUT2D eigenvalue weighted by atomic mass is 32.2.